The van der Waals surface area contributed by atoms with E-state index in [2.05, 4.69) is 0 Å². The molecule has 1 aromatic heterocycles. The quantitative estimate of drug-likeness (QED) is 0.678. The molecule has 0 N–H and O–H groups in total. The SMILES string of the molecule is COCn1c(=O)c2ccc3c(c2c2ccccc21)OCO3. The summed E-state index contributed by atoms with van der Waals surface area (Å²) >= 11 is 0. The van der Waals surface area contributed by atoms with Crippen LogP contribution in [0.15, 0.2) is 41.2 Å². The molecule has 106 valence electrons. The van der Waals surface area contributed by atoms with Gasteiger partial charge < -0.3 is 14.2 Å². The number of pyridine rings is 1. The van der Waals surface area contributed by atoms with Crippen molar-refractivity contribution in [3.8, 4) is 11.5 Å². The molecule has 0 amide bonds. The van der Waals surface area contributed by atoms with Crippen molar-refractivity contribution in [2.24, 2.45) is 0 Å². The summed E-state index contributed by atoms with van der Waals surface area (Å²) in [4.78, 5) is 12.7. The van der Waals surface area contributed by atoms with Gasteiger partial charge in [-0.25, -0.2) is 0 Å². The van der Waals surface area contributed by atoms with Gasteiger partial charge in [-0.2, -0.15) is 0 Å². The van der Waals surface area contributed by atoms with Gasteiger partial charge in [-0.1, -0.05) is 18.2 Å². The molecule has 5 heteroatoms. The lowest BCUT2D eigenvalue weighted by Crippen LogP contribution is -2.21. The lowest BCUT2D eigenvalue weighted by atomic mass is 10.0. The monoisotopic (exact) mass is 283 g/mol. The highest BCUT2D eigenvalue weighted by molar-refractivity contribution is 6.10. The molecule has 1 aliphatic rings. The topological polar surface area (TPSA) is 49.7 Å². The van der Waals surface area contributed by atoms with Crippen LogP contribution in [0.2, 0.25) is 0 Å². The van der Waals surface area contributed by atoms with Gasteiger partial charge in [-0.15, -0.1) is 0 Å². The van der Waals surface area contributed by atoms with Crippen LogP contribution in [0, 0.1) is 0 Å². The van der Waals surface area contributed by atoms with Crippen LogP contribution in [0.1, 0.15) is 0 Å². The van der Waals surface area contributed by atoms with Crippen LogP contribution in [0.4, 0.5) is 0 Å². The highest BCUT2D eigenvalue weighted by Gasteiger charge is 2.21. The van der Waals surface area contributed by atoms with Crippen molar-refractivity contribution in [2.75, 3.05) is 13.9 Å². The normalized spacial score (nSPS) is 13.2. The molecule has 2 heterocycles. The van der Waals surface area contributed by atoms with Crippen molar-refractivity contribution in [2.45, 2.75) is 6.73 Å². The molecule has 0 radical (unpaired) electrons. The Balaban J connectivity index is 2.26. The van der Waals surface area contributed by atoms with Crippen molar-refractivity contribution in [3.63, 3.8) is 0 Å². The Bertz CT molecular complexity index is 913. The Labute approximate surface area is 120 Å². The van der Waals surface area contributed by atoms with E-state index in [1.54, 1.807) is 23.8 Å². The largest absolute Gasteiger partial charge is 0.454 e. The molecule has 3 aromatic rings. The number of hydrogen-bond acceptors (Lipinski definition) is 4. The van der Waals surface area contributed by atoms with E-state index < -0.39 is 0 Å². The molecule has 0 saturated heterocycles. The Morgan fingerprint density at radius 3 is 2.86 bits per heavy atom. The number of hydrogen-bond donors (Lipinski definition) is 0. The minimum atomic E-state index is -0.0937. The van der Waals surface area contributed by atoms with Gasteiger partial charge in [0.1, 0.15) is 6.73 Å². The van der Waals surface area contributed by atoms with Crippen LogP contribution >= 0.6 is 0 Å². The first-order valence-corrected chi connectivity index (χ1v) is 6.64. The van der Waals surface area contributed by atoms with Crippen LogP contribution in [0.25, 0.3) is 21.7 Å². The molecule has 0 saturated carbocycles. The van der Waals surface area contributed by atoms with E-state index in [9.17, 15) is 4.79 Å². The van der Waals surface area contributed by atoms with E-state index in [0.29, 0.717) is 16.9 Å². The molecular weight excluding hydrogens is 270 g/mol. The van der Waals surface area contributed by atoms with Gasteiger partial charge in [0.25, 0.3) is 5.56 Å². The van der Waals surface area contributed by atoms with Crippen molar-refractivity contribution in [1.29, 1.82) is 0 Å². The number of para-hydroxylation sites is 1. The van der Waals surface area contributed by atoms with Gasteiger partial charge in [-0.05, 0) is 18.2 Å². The first-order chi connectivity index (χ1) is 10.3. The maximum Gasteiger partial charge on any atom is 0.260 e. The Hall–Kier alpha value is -2.53. The van der Waals surface area contributed by atoms with Crippen LogP contribution in [0.5, 0.6) is 11.5 Å². The lowest BCUT2D eigenvalue weighted by Gasteiger charge is -2.13. The first-order valence-electron chi connectivity index (χ1n) is 6.64. The third-order valence-corrected chi connectivity index (χ3v) is 3.74. The van der Waals surface area contributed by atoms with Gasteiger partial charge in [0.05, 0.1) is 10.9 Å². The molecule has 1 aliphatic heterocycles. The molecule has 0 bridgehead atoms. The minimum absolute atomic E-state index is 0.0937. The number of rotatable bonds is 2. The van der Waals surface area contributed by atoms with Crippen LogP contribution in [-0.4, -0.2) is 18.5 Å². The molecular formula is C16H13NO4. The summed E-state index contributed by atoms with van der Waals surface area (Å²) in [6.07, 6.45) is 0. The number of nitrogens with zero attached hydrogens (tertiary/aromatic N) is 1. The third kappa shape index (κ3) is 1.64. The highest BCUT2D eigenvalue weighted by Crippen LogP contribution is 2.41. The van der Waals surface area contributed by atoms with Crippen molar-refractivity contribution >= 4 is 21.7 Å². The number of fused-ring (bicyclic) bond motifs is 5. The smallest absolute Gasteiger partial charge is 0.260 e. The lowest BCUT2D eigenvalue weighted by molar-refractivity contribution is 0.132. The van der Waals surface area contributed by atoms with E-state index >= 15 is 0 Å². The Morgan fingerprint density at radius 1 is 1.14 bits per heavy atom. The maximum atomic E-state index is 12.7. The molecule has 0 fully saturated rings. The molecule has 0 spiro atoms. The van der Waals surface area contributed by atoms with Crippen LogP contribution in [0.3, 0.4) is 0 Å². The summed E-state index contributed by atoms with van der Waals surface area (Å²) in [7, 11) is 1.57. The minimum Gasteiger partial charge on any atom is -0.454 e. The molecule has 0 unspecified atom stereocenters. The van der Waals surface area contributed by atoms with E-state index in [1.165, 1.54) is 0 Å². The zero-order valence-electron chi connectivity index (χ0n) is 11.5. The summed E-state index contributed by atoms with van der Waals surface area (Å²) in [5, 5.41) is 2.36. The number of ether oxygens (including phenoxy) is 3. The second kappa shape index (κ2) is 4.49. The predicted octanol–water partition coefficient (Wildman–Crippen LogP) is 2.49. The zero-order chi connectivity index (χ0) is 14.4. The Morgan fingerprint density at radius 2 is 2.00 bits per heavy atom. The van der Waals surface area contributed by atoms with Crippen LogP contribution < -0.4 is 15.0 Å². The second-order valence-corrected chi connectivity index (χ2v) is 4.89. The van der Waals surface area contributed by atoms with Gasteiger partial charge in [0.15, 0.2) is 11.5 Å². The van der Waals surface area contributed by atoms with E-state index in [0.717, 1.165) is 16.3 Å². The summed E-state index contributed by atoms with van der Waals surface area (Å²) in [6, 6.07) is 11.3. The van der Waals surface area contributed by atoms with Gasteiger partial charge in [0, 0.05) is 17.9 Å². The fourth-order valence-electron chi connectivity index (χ4n) is 2.85. The molecule has 0 atom stereocenters. The van der Waals surface area contributed by atoms with Crippen molar-refractivity contribution in [1.82, 2.24) is 4.57 Å². The van der Waals surface area contributed by atoms with E-state index in [4.69, 9.17) is 14.2 Å². The number of benzene rings is 2. The van der Waals surface area contributed by atoms with Gasteiger partial charge >= 0.3 is 0 Å². The standard InChI is InChI=1S/C16H13NO4/c1-19-8-17-12-5-3-2-4-10(12)14-11(16(17)18)6-7-13-15(14)21-9-20-13/h2-7H,8-9H2,1H3. The molecule has 2 aromatic carbocycles. The van der Waals surface area contributed by atoms with Gasteiger partial charge in [-0.3, -0.25) is 9.36 Å². The fourth-order valence-corrected chi connectivity index (χ4v) is 2.85. The number of aromatic nitrogens is 1. The highest BCUT2D eigenvalue weighted by atomic mass is 16.7. The first kappa shape index (κ1) is 12.2. The number of methoxy groups -OCH3 is 1. The molecule has 4 rings (SSSR count). The third-order valence-electron chi connectivity index (χ3n) is 3.74. The molecule has 5 nitrogen and oxygen atoms in total. The fraction of sp³-hybridized carbons (Fsp3) is 0.188. The zero-order valence-corrected chi connectivity index (χ0v) is 11.5. The van der Waals surface area contributed by atoms with E-state index in [-0.39, 0.29) is 19.1 Å². The summed E-state index contributed by atoms with van der Waals surface area (Å²) in [5.41, 5.74) is 0.726. The van der Waals surface area contributed by atoms with Crippen LogP contribution in [-0.2, 0) is 11.5 Å². The average molecular weight is 283 g/mol. The second-order valence-electron chi connectivity index (χ2n) is 4.89. The van der Waals surface area contributed by atoms with Crippen molar-refractivity contribution in [3.05, 3.63) is 46.8 Å². The van der Waals surface area contributed by atoms with Crippen molar-refractivity contribution < 1.29 is 14.2 Å². The summed E-state index contributed by atoms with van der Waals surface area (Å²) < 4.78 is 17.8. The average Bonchev–Trinajstić information content (AvgIpc) is 2.99. The predicted molar refractivity (Wildman–Crippen MR) is 78.8 cm³/mol. The maximum absolute atomic E-state index is 12.7. The molecule has 0 aliphatic carbocycles. The molecule has 21 heavy (non-hydrogen) atoms. The van der Waals surface area contributed by atoms with Gasteiger partial charge in [0.2, 0.25) is 6.79 Å². The summed E-state index contributed by atoms with van der Waals surface area (Å²) in [6.45, 7) is 0.396. The van der Waals surface area contributed by atoms with E-state index in [1.807, 2.05) is 24.3 Å². The Kier molecular flexibility index (Phi) is 2.62. The summed E-state index contributed by atoms with van der Waals surface area (Å²) in [5.74, 6) is 1.32.